The highest BCUT2D eigenvalue weighted by molar-refractivity contribution is 4.93. The van der Waals surface area contributed by atoms with Crippen molar-refractivity contribution in [1.29, 1.82) is 0 Å². The van der Waals surface area contributed by atoms with Crippen LogP contribution in [0.4, 0.5) is 0 Å². The van der Waals surface area contributed by atoms with Gasteiger partial charge < -0.3 is 25.4 Å². The molecule has 0 amide bonds. The Kier molecular flexibility index (Phi) is 5.26. The van der Waals surface area contributed by atoms with Crippen LogP contribution in [0.15, 0.2) is 21.9 Å². The lowest BCUT2D eigenvalue weighted by molar-refractivity contribution is -0.0622. The fraction of sp³-hybridized carbons (Fsp3) is 0.667. The highest BCUT2D eigenvalue weighted by Gasteiger charge is 2.45. The van der Waals surface area contributed by atoms with Gasteiger partial charge in [0.25, 0.3) is 5.56 Å². The first kappa shape index (κ1) is 15.9. The van der Waals surface area contributed by atoms with Gasteiger partial charge in [-0.2, -0.15) is 0 Å². The van der Waals surface area contributed by atoms with E-state index in [4.69, 9.17) is 15.2 Å². The van der Waals surface area contributed by atoms with Crippen molar-refractivity contribution in [3.05, 3.63) is 33.1 Å². The first-order chi connectivity index (χ1) is 10.1. The van der Waals surface area contributed by atoms with E-state index in [1.165, 1.54) is 6.20 Å². The number of rotatable bonds is 6. The van der Waals surface area contributed by atoms with Crippen molar-refractivity contribution < 1.29 is 19.7 Å². The van der Waals surface area contributed by atoms with Gasteiger partial charge in [0.2, 0.25) is 0 Å². The van der Waals surface area contributed by atoms with Gasteiger partial charge in [-0.25, -0.2) is 4.79 Å². The van der Waals surface area contributed by atoms with E-state index in [-0.39, 0.29) is 6.61 Å². The van der Waals surface area contributed by atoms with Crippen molar-refractivity contribution in [2.45, 2.75) is 31.0 Å². The van der Waals surface area contributed by atoms with Crippen molar-refractivity contribution in [2.75, 3.05) is 19.8 Å². The zero-order chi connectivity index (χ0) is 15.4. The van der Waals surface area contributed by atoms with E-state index in [1.807, 2.05) is 0 Å². The minimum absolute atomic E-state index is 0.311. The van der Waals surface area contributed by atoms with Crippen LogP contribution in [0.3, 0.4) is 0 Å². The number of aromatic amines is 1. The van der Waals surface area contributed by atoms with Gasteiger partial charge in [0, 0.05) is 18.9 Å². The van der Waals surface area contributed by atoms with E-state index in [1.54, 1.807) is 0 Å². The first-order valence-electron chi connectivity index (χ1n) is 6.66. The summed E-state index contributed by atoms with van der Waals surface area (Å²) in [4.78, 5) is 24.9. The minimum Gasteiger partial charge on any atom is -0.394 e. The molecule has 2 heterocycles. The second-order valence-electron chi connectivity index (χ2n) is 4.73. The van der Waals surface area contributed by atoms with Crippen LogP contribution in [0.25, 0.3) is 0 Å². The summed E-state index contributed by atoms with van der Waals surface area (Å²) in [5.74, 6) is 0. The van der Waals surface area contributed by atoms with Crippen LogP contribution in [0.2, 0.25) is 0 Å². The van der Waals surface area contributed by atoms with Gasteiger partial charge in [-0.15, -0.1) is 0 Å². The number of hydrogen-bond acceptors (Lipinski definition) is 7. The highest BCUT2D eigenvalue weighted by Crippen LogP contribution is 2.30. The molecular weight excluding hydrogens is 282 g/mol. The molecule has 118 valence electrons. The van der Waals surface area contributed by atoms with E-state index in [0.29, 0.717) is 19.6 Å². The van der Waals surface area contributed by atoms with Crippen molar-refractivity contribution in [1.82, 2.24) is 9.55 Å². The summed E-state index contributed by atoms with van der Waals surface area (Å²) in [6.45, 7) is 0.389. The van der Waals surface area contributed by atoms with Crippen LogP contribution >= 0.6 is 0 Å². The number of aliphatic hydroxyl groups excluding tert-OH is 2. The SMILES string of the molecule is NCCCO[C@H]1[C@@H](O)[C@H](n2ccc(=O)[nH]c2=O)O[C@@H]1CO. The summed E-state index contributed by atoms with van der Waals surface area (Å²) in [6.07, 6.45) is -1.89. The van der Waals surface area contributed by atoms with Crippen molar-refractivity contribution in [2.24, 2.45) is 5.73 Å². The molecule has 9 nitrogen and oxygen atoms in total. The maximum Gasteiger partial charge on any atom is 0.330 e. The minimum atomic E-state index is -1.15. The predicted molar refractivity (Wildman–Crippen MR) is 71.7 cm³/mol. The summed E-state index contributed by atoms with van der Waals surface area (Å²) >= 11 is 0. The highest BCUT2D eigenvalue weighted by atomic mass is 16.6. The molecule has 1 saturated heterocycles. The van der Waals surface area contributed by atoms with E-state index in [9.17, 15) is 19.8 Å². The fourth-order valence-corrected chi connectivity index (χ4v) is 2.23. The molecule has 1 aliphatic rings. The van der Waals surface area contributed by atoms with Crippen LogP contribution in [-0.2, 0) is 9.47 Å². The van der Waals surface area contributed by atoms with Gasteiger partial charge in [-0.05, 0) is 13.0 Å². The van der Waals surface area contributed by atoms with E-state index in [2.05, 4.69) is 4.98 Å². The summed E-state index contributed by atoms with van der Waals surface area (Å²) in [5.41, 5.74) is 4.12. The lowest BCUT2D eigenvalue weighted by Crippen LogP contribution is -2.39. The molecule has 0 radical (unpaired) electrons. The average molecular weight is 301 g/mol. The Bertz CT molecular complexity index is 571. The molecular formula is C12H19N3O6. The zero-order valence-corrected chi connectivity index (χ0v) is 11.3. The average Bonchev–Trinajstić information content (AvgIpc) is 2.76. The summed E-state index contributed by atoms with van der Waals surface area (Å²) in [7, 11) is 0. The van der Waals surface area contributed by atoms with Gasteiger partial charge >= 0.3 is 5.69 Å². The molecule has 0 unspecified atom stereocenters. The first-order valence-corrected chi connectivity index (χ1v) is 6.66. The molecule has 0 bridgehead atoms. The molecule has 2 rings (SSSR count). The van der Waals surface area contributed by atoms with Crippen LogP contribution in [0.5, 0.6) is 0 Å². The van der Waals surface area contributed by atoms with Crippen LogP contribution in [0.1, 0.15) is 12.6 Å². The monoisotopic (exact) mass is 301 g/mol. The largest absolute Gasteiger partial charge is 0.394 e. The summed E-state index contributed by atoms with van der Waals surface area (Å²) in [5, 5.41) is 19.6. The Hall–Kier alpha value is -1.52. The molecule has 4 atom stereocenters. The lowest BCUT2D eigenvalue weighted by atomic mass is 10.1. The van der Waals surface area contributed by atoms with E-state index < -0.39 is 35.8 Å². The maximum atomic E-state index is 11.7. The Morgan fingerprint density at radius 3 is 2.86 bits per heavy atom. The third-order valence-corrected chi connectivity index (χ3v) is 3.27. The molecule has 9 heteroatoms. The van der Waals surface area contributed by atoms with E-state index >= 15 is 0 Å². The van der Waals surface area contributed by atoms with Gasteiger partial charge in [-0.3, -0.25) is 14.3 Å². The predicted octanol–water partition coefficient (Wildman–Crippen LogP) is -2.48. The molecule has 0 spiro atoms. The van der Waals surface area contributed by atoms with E-state index in [0.717, 1.165) is 10.6 Å². The molecule has 5 N–H and O–H groups in total. The fourth-order valence-electron chi connectivity index (χ4n) is 2.23. The van der Waals surface area contributed by atoms with Crippen LogP contribution < -0.4 is 17.0 Å². The number of nitrogens with two attached hydrogens (primary N) is 1. The zero-order valence-electron chi connectivity index (χ0n) is 11.3. The smallest absolute Gasteiger partial charge is 0.330 e. The third-order valence-electron chi connectivity index (χ3n) is 3.27. The molecule has 1 aliphatic heterocycles. The Morgan fingerprint density at radius 1 is 1.48 bits per heavy atom. The van der Waals surface area contributed by atoms with Gasteiger partial charge in [0.1, 0.15) is 18.3 Å². The second-order valence-corrected chi connectivity index (χ2v) is 4.73. The van der Waals surface area contributed by atoms with Crippen molar-refractivity contribution in [3.8, 4) is 0 Å². The second kappa shape index (κ2) is 6.96. The lowest BCUT2D eigenvalue weighted by Gasteiger charge is -2.20. The number of ether oxygens (including phenoxy) is 2. The number of aliphatic hydroxyl groups is 2. The quantitative estimate of drug-likeness (QED) is 0.426. The summed E-state index contributed by atoms with van der Waals surface area (Å²) < 4.78 is 12.0. The van der Waals surface area contributed by atoms with Crippen LogP contribution in [-0.4, -0.2) is 57.8 Å². The molecule has 1 aromatic heterocycles. The van der Waals surface area contributed by atoms with Gasteiger partial charge in [-0.1, -0.05) is 0 Å². The molecule has 0 aliphatic carbocycles. The Labute approximate surface area is 119 Å². The Balaban J connectivity index is 2.18. The molecule has 1 aromatic rings. The maximum absolute atomic E-state index is 11.7. The molecule has 0 saturated carbocycles. The molecule has 21 heavy (non-hydrogen) atoms. The number of H-pyrrole nitrogens is 1. The van der Waals surface area contributed by atoms with Gasteiger partial charge in [0.05, 0.1) is 6.61 Å². The van der Waals surface area contributed by atoms with Crippen molar-refractivity contribution in [3.63, 3.8) is 0 Å². The third kappa shape index (κ3) is 3.39. The van der Waals surface area contributed by atoms with Crippen LogP contribution in [0, 0.1) is 0 Å². The summed E-state index contributed by atoms with van der Waals surface area (Å²) in [6, 6.07) is 1.15. The number of nitrogens with zero attached hydrogens (tertiary/aromatic N) is 1. The normalized spacial score (nSPS) is 28.9. The van der Waals surface area contributed by atoms with Gasteiger partial charge in [0.15, 0.2) is 6.23 Å². The number of hydrogen-bond donors (Lipinski definition) is 4. The Morgan fingerprint density at radius 2 is 2.24 bits per heavy atom. The number of aromatic nitrogens is 2. The molecule has 0 aromatic carbocycles. The topological polar surface area (TPSA) is 140 Å². The van der Waals surface area contributed by atoms with Crippen molar-refractivity contribution >= 4 is 0 Å². The standard InChI is InChI=1S/C12H19N3O6/c13-3-1-5-20-10-7(6-16)21-11(9(10)18)15-4-2-8(17)14-12(15)19/h2,4,7,9-11,16,18H,1,3,5-6,13H2,(H,14,17,19)/t7-,9-,10-,11-/m1/s1. The number of nitrogens with one attached hydrogen (secondary N) is 1. The molecule has 1 fully saturated rings.